The summed E-state index contributed by atoms with van der Waals surface area (Å²) < 4.78 is 11.8. The molecule has 3 aliphatic rings. The number of aromatic nitrogens is 1. The van der Waals surface area contributed by atoms with Gasteiger partial charge in [0.25, 0.3) is 0 Å². The average molecular weight is 581 g/mol. The van der Waals surface area contributed by atoms with Gasteiger partial charge in [0.2, 0.25) is 6.41 Å². The first-order valence-corrected chi connectivity index (χ1v) is 13.6. The van der Waals surface area contributed by atoms with Crippen molar-refractivity contribution in [3.8, 4) is 0 Å². The number of nitrogens with one attached hydrogen (secondary N) is 2. The summed E-state index contributed by atoms with van der Waals surface area (Å²) in [4.78, 5) is 44.7. The molecule has 2 fully saturated rings. The molecule has 10 nitrogen and oxygen atoms in total. The molecule has 204 valence electrons. The zero-order valence-corrected chi connectivity index (χ0v) is 24.1. The Kier molecular flexibility index (Phi) is 7.26. The number of ether oxygens (including phenoxy) is 2. The number of aliphatic imine (C=N–C) groups is 1. The van der Waals surface area contributed by atoms with Gasteiger partial charge in [-0.2, -0.15) is 0 Å². The number of likely N-dealkylation sites (tertiary alicyclic amines) is 1. The Bertz CT molecular complexity index is 1090. The second-order valence-electron chi connectivity index (χ2n) is 12.1. The van der Waals surface area contributed by atoms with E-state index >= 15 is 0 Å². The lowest BCUT2D eigenvalue weighted by atomic mass is 9.79. The number of hydrogen-bond acceptors (Lipinski definition) is 7. The van der Waals surface area contributed by atoms with Gasteiger partial charge in [-0.15, -0.1) is 0 Å². The molecule has 2 amide bonds. The van der Waals surface area contributed by atoms with E-state index in [0.717, 1.165) is 25.7 Å². The Hall–Kier alpha value is -2.40. The van der Waals surface area contributed by atoms with Crippen LogP contribution in [-0.2, 0) is 19.9 Å². The second-order valence-corrected chi connectivity index (χ2v) is 13.4. The maximum absolute atomic E-state index is 13.0. The highest BCUT2D eigenvalue weighted by atomic mass is 79.9. The lowest BCUT2D eigenvalue weighted by molar-refractivity contribution is -0.116. The largest absolute Gasteiger partial charge is 0.444 e. The van der Waals surface area contributed by atoms with E-state index in [1.54, 1.807) is 6.20 Å². The van der Waals surface area contributed by atoms with Crippen molar-refractivity contribution in [2.45, 2.75) is 94.5 Å². The van der Waals surface area contributed by atoms with Crippen LogP contribution in [-0.4, -0.2) is 68.9 Å². The number of hydrogen-bond donors (Lipinski definition) is 2. The molecule has 1 aromatic rings. The number of fused-ring (bicyclic) bond motifs is 1. The number of rotatable bonds is 5. The van der Waals surface area contributed by atoms with Gasteiger partial charge in [-0.3, -0.25) is 9.69 Å². The third-order valence-electron chi connectivity index (χ3n) is 6.82. The molecule has 1 saturated heterocycles. The summed E-state index contributed by atoms with van der Waals surface area (Å²) in [5.41, 5.74) is -1.61. The maximum Gasteiger partial charge on any atom is 0.420 e. The van der Waals surface area contributed by atoms with Crippen LogP contribution in [0.2, 0.25) is 0 Å². The van der Waals surface area contributed by atoms with Crippen molar-refractivity contribution in [1.29, 1.82) is 0 Å². The molecular formula is C26H38BrN5O5. The van der Waals surface area contributed by atoms with E-state index in [-0.39, 0.29) is 12.0 Å². The number of piperidine rings is 1. The molecule has 2 N–H and O–H groups in total. The third kappa shape index (κ3) is 5.43. The minimum Gasteiger partial charge on any atom is -0.444 e. The Labute approximate surface area is 226 Å². The monoisotopic (exact) mass is 579 g/mol. The van der Waals surface area contributed by atoms with Gasteiger partial charge >= 0.3 is 12.2 Å². The third-order valence-corrected chi connectivity index (χ3v) is 8.25. The fraction of sp³-hybridized carbons (Fsp3) is 0.692. The van der Waals surface area contributed by atoms with E-state index in [0.29, 0.717) is 30.9 Å². The highest BCUT2D eigenvalue weighted by Gasteiger charge is 2.64. The van der Waals surface area contributed by atoms with Gasteiger partial charge in [0.05, 0.1) is 0 Å². The van der Waals surface area contributed by atoms with Gasteiger partial charge in [-0.1, -0.05) is 15.9 Å². The van der Waals surface area contributed by atoms with Crippen LogP contribution >= 0.6 is 15.9 Å². The molecule has 2 unspecified atom stereocenters. The van der Waals surface area contributed by atoms with Crippen molar-refractivity contribution in [3.63, 3.8) is 0 Å². The number of nitrogens with zero attached hydrogens (tertiary/aromatic N) is 3. The molecule has 3 atom stereocenters. The highest BCUT2D eigenvalue weighted by molar-refractivity contribution is 9.10. The van der Waals surface area contributed by atoms with E-state index in [1.165, 1.54) is 4.57 Å². The van der Waals surface area contributed by atoms with Crippen LogP contribution in [0.1, 0.15) is 72.8 Å². The van der Waals surface area contributed by atoms with Crippen LogP contribution in [0.25, 0.3) is 0 Å². The Morgan fingerprint density at radius 3 is 2.41 bits per heavy atom. The molecule has 0 aromatic carbocycles. The second kappa shape index (κ2) is 9.72. The summed E-state index contributed by atoms with van der Waals surface area (Å²) in [5, 5.41) is 6.15. The molecule has 4 rings (SSSR count). The van der Waals surface area contributed by atoms with Gasteiger partial charge in [0, 0.05) is 37.1 Å². The van der Waals surface area contributed by atoms with Crippen molar-refractivity contribution < 1.29 is 23.9 Å². The minimum absolute atomic E-state index is 0.180. The predicted molar refractivity (Wildman–Crippen MR) is 143 cm³/mol. The zero-order chi connectivity index (χ0) is 27.2. The van der Waals surface area contributed by atoms with Crippen molar-refractivity contribution in [2.75, 3.05) is 13.1 Å². The Balaban J connectivity index is 1.73. The molecule has 37 heavy (non-hydrogen) atoms. The predicted octanol–water partition coefficient (Wildman–Crippen LogP) is 4.42. The summed E-state index contributed by atoms with van der Waals surface area (Å²) in [6.07, 6.45) is 6.70. The first kappa shape index (κ1) is 27.6. The normalized spacial score (nSPS) is 28.2. The fourth-order valence-electron chi connectivity index (χ4n) is 5.31. The van der Waals surface area contributed by atoms with E-state index < -0.39 is 33.4 Å². The molecule has 1 saturated carbocycles. The van der Waals surface area contributed by atoms with Crippen LogP contribution in [0, 0.1) is 5.92 Å². The highest BCUT2D eigenvalue weighted by Crippen LogP contribution is 2.58. The van der Waals surface area contributed by atoms with Gasteiger partial charge < -0.3 is 20.1 Å². The zero-order valence-electron chi connectivity index (χ0n) is 22.5. The van der Waals surface area contributed by atoms with Crippen LogP contribution in [0.15, 0.2) is 17.3 Å². The molecular weight excluding hydrogens is 542 g/mol. The molecule has 0 spiro atoms. The SMILES string of the molecule is CC(C)(C)OC(=O)NC1CCCN(C2(NC=O)c3ccn(C(=O)OC(C)(C)C)c3N=C[C@]2(Br)C2CC2)C1. The Morgan fingerprint density at radius 1 is 1.14 bits per heavy atom. The number of halogens is 1. The fourth-order valence-corrected chi connectivity index (χ4v) is 6.45. The van der Waals surface area contributed by atoms with E-state index in [2.05, 4.69) is 31.5 Å². The van der Waals surface area contributed by atoms with E-state index in [4.69, 9.17) is 14.5 Å². The van der Waals surface area contributed by atoms with Crippen LogP contribution in [0.5, 0.6) is 0 Å². The van der Waals surface area contributed by atoms with Crippen LogP contribution in [0.3, 0.4) is 0 Å². The number of carbonyl (C=O) groups is 3. The number of carbonyl (C=O) groups excluding carboxylic acids is 3. The Morgan fingerprint density at radius 2 is 1.81 bits per heavy atom. The summed E-state index contributed by atoms with van der Waals surface area (Å²) in [7, 11) is 0. The standard InChI is InChI=1S/C26H38BrN5O5/c1-23(2,3)36-21(34)30-18-8-7-12-31(14-18)26(29-16-33)19-11-13-32(22(35)37-24(4,5)6)20(19)28-15-25(26,27)17-9-10-17/h11,13,15-18H,7-10,12,14H2,1-6H3,(H,29,33)(H,30,34)/t18?,25-,26?/m0/s1. The minimum atomic E-state index is -1.03. The molecule has 1 aliphatic carbocycles. The summed E-state index contributed by atoms with van der Waals surface area (Å²) in [5.74, 6) is 0.655. The molecule has 2 aliphatic heterocycles. The van der Waals surface area contributed by atoms with E-state index in [1.807, 2.05) is 53.8 Å². The molecule has 0 radical (unpaired) electrons. The van der Waals surface area contributed by atoms with Gasteiger partial charge in [-0.05, 0) is 79.2 Å². The summed E-state index contributed by atoms with van der Waals surface area (Å²) in [6.45, 7) is 12.1. The van der Waals surface area contributed by atoms with Crippen molar-refractivity contribution in [2.24, 2.45) is 10.9 Å². The smallest absolute Gasteiger partial charge is 0.420 e. The average Bonchev–Trinajstić information content (AvgIpc) is 3.53. The quantitative estimate of drug-likeness (QED) is 0.394. The van der Waals surface area contributed by atoms with Crippen LogP contribution in [0.4, 0.5) is 15.4 Å². The topological polar surface area (TPSA) is 114 Å². The maximum atomic E-state index is 13.0. The van der Waals surface area contributed by atoms with Gasteiger partial charge in [-0.25, -0.2) is 19.1 Å². The van der Waals surface area contributed by atoms with Crippen molar-refractivity contribution >= 4 is 46.6 Å². The number of amides is 2. The molecule has 1 aromatic heterocycles. The van der Waals surface area contributed by atoms with Crippen molar-refractivity contribution in [3.05, 3.63) is 17.8 Å². The summed E-state index contributed by atoms with van der Waals surface area (Å²) in [6, 6.07) is 1.65. The molecule has 11 heteroatoms. The van der Waals surface area contributed by atoms with Crippen molar-refractivity contribution in [1.82, 2.24) is 20.1 Å². The number of alkyl halides is 1. The first-order valence-electron chi connectivity index (χ1n) is 12.9. The number of alkyl carbamates (subject to hydrolysis) is 1. The lowest BCUT2D eigenvalue weighted by Gasteiger charge is -2.55. The first-order chi connectivity index (χ1) is 17.2. The van der Waals surface area contributed by atoms with Crippen LogP contribution < -0.4 is 10.6 Å². The molecule has 0 bridgehead atoms. The van der Waals surface area contributed by atoms with Gasteiger partial charge in [0.1, 0.15) is 27.0 Å². The van der Waals surface area contributed by atoms with E-state index in [9.17, 15) is 14.4 Å². The summed E-state index contributed by atoms with van der Waals surface area (Å²) >= 11 is 4.01. The lowest BCUT2D eigenvalue weighted by Crippen LogP contribution is -2.71. The van der Waals surface area contributed by atoms with Gasteiger partial charge in [0.15, 0.2) is 0 Å². The molecule has 3 heterocycles.